The Balaban J connectivity index is 1.63. The highest BCUT2D eigenvalue weighted by Gasteiger charge is 2.20. The van der Waals surface area contributed by atoms with Crippen LogP contribution < -0.4 is 20.7 Å². The quantitative estimate of drug-likeness (QED) is 0.828. The van der Waals surface area contributed by atoms with E-state index >= 15 is 0 Å². The van der Waals surface area contributed by atoms with E-state index in [0.717, 1.165) is 47.6 Å². The summed E-state index contributed by atoms with van der Waals surface area (Å²) in [4.78, 5) is 14.5. The molecule has 0 bridgehead atoms. The second-order valence-corrected chi connectivity index (χ2v) is 5.96. The number of anilines is 2. The van der Waals surface area contributed by atoms with Crippen molar-refractivity contribution in [2.75, 3.05) is 30.8 Å². The number of nitrogen functional groups attached to an aromatic ring is 1. The Kier molecular flexibility index (Phi) is 4.89. The number of amides is 1. The highest BCUT2D eigenvalue weighted by Crippen LogP contribution is 2.30. The average molecular weight is 325 g/mol. The Hall–Kier alpha value is -2.69. The maximum atomic E-state index is 12.4. The number of para-hydroxylation sites is 1. The minimum atomic E-state index is -0.00354. The molecule has 1 amide bonds. The van der Waals surface area contributed by atoms with Gasteiger partial charge in [-0.15, -0.1) is 0 Å². The maximum absolute atomic E-state index is 12.4. The number of fused-ring (bicyclic) bond motifs is 1. The van der Waals surface area contributed by atoms with Crippen molar-refractivity contribution in [3.8, 4) is 5.75 Å². The molecule has 5 heteroatoms. The monoisotopic (exact) mass is 325 g/mol. The third-order valence-electron chi connectivity index (χ3n) is 4.39. The molecule has 1 aliphatic heterocycles. The Morgan fingerprint density at radius 2 is 2.08 bits per heavy atom. The van der Waals surface area contributed by atoms with Crippen molar-refractivity contribution in [3.63, 3.8) is 0 Å². The molecule has 126 valence electrons. The van der Waals surface area contributed by atoms with Gasteiger partial charge in [-0.2, -0.15) is 0 Å². The van der Waals surface area contributed by atoms with Crippen LogP contribution in [0.1, 0.15) is 17.5 Å². The zero-order valence-electron chi connectivity index (χ0n) is 13.9. The molecule has 0 aliphatic carbocycles. The van der Waals surface area contributed by atoms with Crippen LogP contribution >= 0.6 is 0 Å². The van der Waals surface area contributed by atoms with Gasteiger partial charge in [0.15, 0.2) is 0 Å². The predicted molar refractivity (Wildman–Crippen MR) is 96.2 cm³/mol. The third kappa shape index (κ3) is 3.45. The second-order valence-electron chi connectivity index (χ2n) is 5.96. The first-order chi connectivity index (χ1) is 11.7. The molecule has 0 spiro atoms. The summed E-state index contributed by atoms with van der Waals surface area (Å²) < 4.78 is 5.31. The van der Waals surface area contributed by atoms with Crippen LogP contribution in [0.5, 0.6) is 5.75 Å². The fourth-order valence-electron chi connectivity index (χ4n) is 3.16. The van der Waals surface area contributed by atoms with Gasteiger partial charge in [-0.05, 0) is 36.6 Å². The molecular weight excluding hydrogens is 302 g/mol. The Morgan fingerprint density at radius 3 is 2.92 bits per heavy atom. The Morgan fingerprint density at radius 1 is 1.25 bits per heavy atom. The van der Waals surface area contributed by atoms with Gasteiger partial charge in [0.25, 0.3) is 0 Å². The van der Waals surface area contributed by atoms with Gasteiger partial charge in [-0.25, -0.2) is 0 Å². The van der Waals surface area contributed by atoms with Gasteiger partial charge in [0.1, 0.15) is 5.75 Å². The van der Waals surface area contributed by atoms with E-state index < -0.39 is 0 Å². The molecule has 0 aromatic heterocycles. The van der Waals surface area contributed by atoms with Crippen molar-refractivity contribution in [1.29, 1.82) is 0 Å². The second kappa shape index (κ2) is 7.25. The van der Waals surface area contributed by atoms with Crippen LogP contribution in [0.25, 0.3) is 0 Å². The molecule has 1 heterocycles. The summed E-state index contributed by atoms with van der Waals surface area (Å²) in [6.45, 7) is 1.67. The molecule has 24 heavy (non-hydrogen) atoms. The molecule has 2 aromatic carbocycles. The number of carbonyl (C=O) groups is 1. The zero-order chi connectivity index (χ0) is 16.9. The molecule has 3 rings (SSSR count). The Bertz CT molecular complexity index is 730. The Labute approximate surface area is 142 Å². The summed E-state index contributed by atoms with van der Waals surface area (Å²) in [5, 5.41) is 2.97. The summed E-state index contributed by atoms with van der Waals surface area (Å²) in [6.07, 6.45) is 1.99. The molecular formula is C19H23N3O2. The van der Waals surface area contributed by atoms with Gasteiger partial charge >= 0.3 is 0 Å². The van der Waals surface area contributed by atoms with Gasteiger partial charge in [-0.1, -0.05) is 24.3 Å². The first-order valence-corrected chi connectivity index (χ1v) is 8.20. The van der Waals surface area contributed by atoms with E-state index in [1.54, 1.807) is 7.11 Å². The summed E-state index contributed by atoms with van der Waals surface area (Å²) in [5.74, 6) is 0.782. The number of hydrogen-bond acceptors (Lipinski definition) is 4. The standard InChI is InChI=1S/C19H23N3O2/c1-24-18-10-3-2-6-14(18)12-21-19(23)13-22-11-5-7-15-16(20)8-4-9-17(15)22/h2-4,6,8-10H,5,7,11-13,20H2,1H3,(H,21,23). The van der Waals surface area contributed by atoms with Crippen molar-refractivity contribution >= 4 is 17.3 Å². The van der Waals surface area contributed by atoms with E-state index in [1.165, 1.54) is 0 Å². The van der Waals surface area contributed by atoms with Crippen molar-refractivity contribution in [3.05, 3.63) is 53.6 Å². The van der Waals surface area contributed by atoms with Crippen LogP contribution in [0.4, 0.5) is 11.4 Å². The smallest absolute Gasteiger partial charge is 0.239 e. The van der Waals surface area contributed by atoms with Crippen LogP contribution in [0.3, 0.4) is 0 Å². The number of nitrogens with one attached hydrogen (secondary N) is 1. The summed E-state index contributed by atoms with van der Waals surface area (Å²) in [5.41, 5.74) is 10.1. The van der Waals surface area contributed by atoms with E-state index in [2.05, 4.69) is 10.2 Å². The average Bonchev–Trinajstić information content (AvgIpc) is 2.61. The van der Waals surface area contributed by atoms with Gasteiger partial charge < -0.3 is 20.7 Å². The van der Waals surface area contributed by atoms with E-state index in [4.69, 9.17) is 10.5 Å². The highest BCUT2D eigenvalue weighted by atomic mass is 16.5. The van der Waals surface area contributed by atoms with Crippen molar-refractivity contribution < 1.29 is 9.53 Å². The summed E-state index contributed by atoms with van der Waals surface area (Å²) in [6, 6.07) is 13.6. The molecule has 0 fully saturated rings. The first-order valence-electron chi connectivity index (χ1n) is 8.20. The number of nitrogens with two attached hydrogens (primary N) is 1. The van der Waals surface area contributed by atoms with Gasteiger partial charge in [0.05, 0.1) is 13.7 Å². The van der Waals surface area contributed by atoms with E-state index in [-0.39, 0.29) is 5.91 Å². The number of methoxy groups -OCH3 is 1. The predicted octanol–water partition coefficient (Wildman–Crippen LogP) is 2.35. The lowest BCUT2D eigenvalue weighted by atomic mass is 10.00. The fourth-order valence-corrected chi connectivity index (χ4v) is 3.16. The van der Waals surface area contributed by atoms with Crippen LogP contribution in [-0.2, 0) is 17.8 Å². The molecule has 0 radical (unpaired) electrons. The third-order valence-corrected chi connectivity index (χ3v) is 4.39. The number of carbonyl (C=O) groups excluding carboxylic acids is 1. The van der Waals surface area contributed by atoms with Crippen molar-refractivity contribution in [2.24, 2.45) is 0 Å². The van der Waals surface area contributed by atoms with Crippen LogP contribution in [0.15, 0.2) is 42.5 Å². The van der Waals surface area contributed by atoms with Gasteiger partial charge in [-0.3, -0.25) is 4.79 Å². The topological polar surface area (TPSA) is 67.6 Å². The SMILES string of the molecule is COc1ccccc1CNC(=O)CN1CCCc2c(N)cccc21. The molecule has 3 N–H and O–H groups in total. The lowest BCUT2D eigenvalue weighted by molar-refractivity contribution is -0.119. The molecule has 0 saturated carbocycles. The zero-order valence-corrected chi connectivity index (χ0v) is 13.9. The molecule has 5 nitrogen and oxygen atoms in total. The van der Waals surface area contributed by atoms with Crippen molar-refractivity contribution in [2.45, 2.75) is 19.4 Å². The number of benzene rings is 2. The van der Waals surface area contributed by atoms with E-state index in [0.29, 0.717) is 13.1 Å². The fraction of sp³-hybridized carbons (Fsp3) is 0.316. The van der Waals surface area contributed by atoms with Gasteiger partial charge in [0.2, 0.25) is 5.91 Å². The normalized spacial score (nSPS) is 13.3. The highest BCUT2D eigenvalue weighted by molar-refractivity contribution is 5.82. The minimum Gasteiger partial charge on any atom is -0.496 e. The van der Waals surface area contributed by atoms with E-state index in [1.807, 2.05) is 42.5 Å². The van der Waals surface area contributed by atoms with Crippen LogP contribution in [-0.4, -0.2) is 26.1 Å². The van der Waals surface area contributed by atoms with E-state index in [9.17, 15) is 4.79 Å². The molecule has 0 saturated heterocycles. The number of rotatable bonds is 5. The molecule has 0 atom stereocenters. The molecule has 2 aromatic rings. The van der Waals surface area contributed by atoms with Crippen LogP contribution in [0, 0.1) is 0 Å². The number of nitrogens with zero attached hydrogens (tertiary/aromatic N) is 1. The molecule has 1 aliphatic rings. The first kappa shape index (κ1) is 16.2. The molecule has 0 unspecified atom stereocenters. The lowest BCUT2D eigenvalue weighted by Gasteiger charge is -2.31. The van der Waals surface area contributed by atoms with Gasteiger partial charge in [0, 0.05) is 30.0 Å². The van der Waals surface area contributed by atoms with Crippen LogP contribution in [0.2, 0.25) is 0 Å². The largest absolute Gasteiger partial charge is 0.496 e. The maximum Gasteiger partial charge on any atom is 0.239 e. The number of hydrogen-bond donors (Lipinski definition) is 2. The minimum absolute atomic E-state index is 0.00354. The summed E-state index contributed by atoms with van der Waals surface area (Å²) >= 11 is 0. The number of ether oxygens (including phenoxy) is 1. The van der Waals surface area contributed by atoms with Crippen molar-refractivity contribution in [1.82, 2.24) is 5.32 Å². The summed E-state index contributed by atoms with van der Waals surface area (Å²) in [7, 11) is 1.63. The lowest BCUT2D eigenvalue weighted by Crippen LogP contribution is -2.39.